The first-order valence-electron chi connectivity index (χ1n) is 10.3. The Bertz CT molecular complexity index is 843. The number of aryl methyl sites for hydroxylation is 1. The van der Waals surface area contributed by atoms with E-state index in [1.165, 1.54) is 11.1 Å². The maximum Gasteiger partial charge on any atom is 0.117 e. The van der Waals surface area contributed by atoms with E-state index in [1.807, 2.05) is 36.4 Å². The Morgan fingerprint density at radius 3 is 1.82 bits per heavy atom. The van der Waals surface area contributed by atoms with Crippen LogP contribution in [-0.2, 0) is 12.1 Å². The SMILES string of the molecule is Cc1ccccc1CN1CCC(C(O)(c2ccccc2)c2ccccc2)CC1. The normalized spacial score (nSPS) is 16.2. The zero-order valence-electron chi connectivity index (χ0n) is 16.6. The van der Waals surface area contributed by atoms with Gasteiger partial charge < -0.3 is 5.11 Å². The van der Waals surface area contributed by atoms with Crippen LogP contribution in [0.3, 0.4) is 0 Å². The second kappa shape index (κ2) is 8.30. The van der Waals surface area contributed by atoms with Crippen LogP contribution in [-0.4, -0.2) is 23.1 Å². The standard InChI is InChI=1S/C26H29NO/c1-21-10-8-9-11-22(21)20-27-18-16-25(17-19-27)26(28,23-12-4-2-5-13-23)24-14-6-3-7-15-24/h2-15,25,28H,16-20H2,1H3. The Hall–Kier alpha value is -2.42. The highest BCUT2D eigenvalue weighted by atomic mass is 16.3. The monoisotopic (exact) mass is 371 g/mol. The second-order valence-electron chi connectivity index (χ2n) is 7.98. The summed E-state index contributed by atoms with van der Waals surface area (Å²) in [5.74, 6) is 0.213. The van der Waals surface area contributed by atoms with Crippen molar-refractivity contribution in [1.29, 1.82) is 0 Å². The fourth-order valence-electron chi connectivity index (χ4n) is 4.56. The van der Waals surface area contributed by atoms with Gasteiger partial charge in [0.1, 0.15) is 5.60 Å². The molecule has 1 N–H and O–H groups in total. The average molecular weight is 372 g/mol. The largest absolute Gasteiger partial charge is 0.380 e. The van der Waals surface area contributed by atoms with Gasteiger partial charge in [-0.15, -0.1) is 0 Å². The molecular formula is C26H29NO. The zero-order valence-corrected chi connectivity index (χ0v) is 16.6. The van der Waals surface area contributed by atoms with Gasteiger partial charge in [0.2, 0.25) is 0 Å². The molecule has 2 heteroatoms. The zero-order chi connectivity index (χ0) is 19.4. The van der Waals surface area contributed by atoms with Crippen LogP contribution in [0.25, 0.3) is 0 Å². The van der Waals surface area contributed by atoms with E-state index in [1.54, 1.807) is 0 Å². The summed E-state index contributed by atoms with van der Waals surface area (Å²) in [5, 5.41) is 12.0. The number of hydrogen-bond donors (Lipinski definition) is 1. The summed E-state index contributed by atoms with van der Waals surface area (Å²) in [6.07, 6.45) is 1.98. The molecule has 0 unspecified atom stereocenters. The van der Waals surface area contributed by atoms with Gasteiger partial charge in [0.15, 0.2) is 0 Å². The first kappa shape index (κ1) is 18.9. The predicted octanol–water partition coefficient (Wildman–Crippen LogP) is 5.14. The summed E-state index contributed by atoms with van der Waals surface area (Å²) in [4.78, 5) is 2.52. The molecule has 1 saturated heterocycles. The summed E-state index contributed by atoms with van der Waals surface area (Å²) in [7, 11) is 0. The van der Waals surface area contributed by atoms with Crippen molar-refractivity contribution >= 4 is 0 Å². The van der Waals surface area contributed by atoms with Crippen LogP contribution < -0.4 is 0 Å². The van der Waals surface area contributed by atoms with E-state index in [4.69, 9.17) is 0 Å². The molecule has 1 fully saturated rings. The number of piperidine rings is 1. The van der Waals surface area contributed by atoms with Gasteiger partial charge in [-0.05, 0) is 61.0 Å². The lowest BCUT2D eigenvalue weighted by molar-refractivity contribution is -0.0152. The molecule has 1 heterocycles. The Morgan fingerprint density at radius 1 is 0.786 bits per heavy atom. The highest BCUT2D eigenvalue weighted by Gasteiger charge is 2.41. The molecule has 0 aliphatic carbocycles. The van der Waals surface area contributed by atoms with Gasteiger partial charge in [-0.3, -0.25) is 4.90 Å². The first-order valence-corrected chi connectivity index (χ1v) is 10.3. The molecule has 0 spiro atoms. The predicted molar refractivity (Wildman–Crippen MR) is 115 cm³/mol. The Labute approximate surface area is 168 Å². The van der Waals surface area contributed by atoms with Gasteiger partial charge >= 0.3 is 0 Å². The molecule has 28 heavy (non-hydrogen) atoms. The molecule has 0 saturated carbocycles. The highest BCUT2D eigenvalue weighted by molar-refractivity contribution is 5.37. The molecule has 0 atom stereocenters. The van der Waals surface area contributed by atoms with Gasteiger partial charge in [-0.2, -0.15) is 0 Å². The van der Waals surface area contributed by atoms with Crippen LogP contribution in [0.4, 0.5) is 0 Å². The van der Waals surface area contributed by atoms with Crippen molar-refractivity contribution in [2.75, 3.05) is 13.1 Å². The quantitative estimate of drug-likeness (QED) is 0.671. The van der Waals surface area contributed by atoms with Crippen LogP contribution in [0.15, 0.2) is 84.9 Å². The molecule has 1 aliphatic rings. The van der Waals surface area contributed by atoms with Crippen LogP contribution in [0, 0.1) is 12.8 Å². The number of rotatable bonds is 5. The van der Waals surface area contributed by atoms with Gasteiger partial charge in [0.05, 0.1) is 0 Å². The Balaban J connectivity index is 1.54. The minimum Gasteiger partial charge on any atom is -0.380 e. The summed E-state index contributed by atoms with van der Waals surface area (Å²) in [5.41, 5.74) is 3.83. The number of likely N-dealkylation sites (tertiary alicyclic amines) is 1. The number of aliphatic hydroxyl groups is 1. The fourth-order valence-corrected chi connectivity index (χ4v) is 4.56. The van der Waals surface area contributed by atoms with Gasteiger partial charge in [-0.1, -0.05) is 84.9 Å². The number of benzene rings is 3. The number of nitrogens with zero attached hydrogens (tertiary/aromatic N) is 1. The van der Waals surface area contributed by atoms with Crippen molar-refractivity contribution in [1.82, 2.24) is 4.90 Å². The van der Waals surface area contributed by atoms with Crippen LogP contribution in [0.1, 0.15) is 35.1 Å². The maximum atomic E-state index is 12.0. The number of hydrogen-bond acceptors (Lipinski definition) is 2. The fraction of sp³-hybridized carbons (Fsp3) is 0.308. The van der Waals surface area contributed by atoms with E-state index in [-0.39, 0.29) is 5.92 Å². The molecule has 3 aromatic rings. The second-order valence-corrected chi connectivity index (χ2v) is 7.98. The lowest BCUT2D eigenvalue weighted by atomic mass is 9.72. The third-order valence-electron chi connectivity index (χ3n) is 6.26. The third-order valence-corrected chi connectivity index (χ3v) is 6.26. The lowest BCUT2D eigenvalue weighted by Crippen LogP contribution is -2.44. The smallest absolute Gasteiger partial charge is 0.117 e. The van der Waals surface area contributed by atoms with E-state index in [0.717, 1.165) is 43.6 Å². The molecule has 0 bridgehead atoms. The topological polar surface area (TPSA) is 23.5 Å². The van der Waals surface area contributed by atoms with E-state index >= 15 is 0 Å². The van der Waals surface area contributed by atoms with Gasteiger partial charge in [0.25, 0.3) is 0 Å². The minimum absolute atomic E-state index is 0.213. The average Bonchev–Trinajstić information content (AvgIpc) is 2.76. The molecule has 0 radical (unpaired) electrons. The lowest BCUT2D eigenvalue weighted by Gasteiger charge is -2.42. The first-order chi connectivity index (χ1) is 13.7. The Kier molecular flexibility index (Phi) is 5.61. The van der Waals surface area contributed by atoms with E-state index in [9.17, 15) is 5.11 Å². The molecule has 0 amide bonds. The van der Waals surface area contributed by atoms with Crippen LogP contribution >= 0.6 is 0 Å². The molecule has 3 aromatic carbocycles. The molecule has 4 rings (SSSR count). The van der Waals surface area contributed by atoms with E-state index in [0.29, 0.717) is 0 Å². The van der Waals surface area contributed by atoms with Crippen molar-refractivity contribution in [2.24, 2.45) is 5.92 Å². The maximum absolute atomic E-state index is 12.0. The van der Waals surface area contributed by atoms with Gasteiger partial charge in [-0.25, -0.2) is 0 Å². The van der Waals surface area contributed by atoms with E-state index < -0.39 is 5.60 Å². The van der Waals surface area contributed by atoms with Crippen molar-refractivity contribution in [3.8, 4) is 0 Å². The van der Waals surface area contributed by atoms with Gasteiger partial charge in [0, 0.05) is 6.54 Å². The molecule has 144 valence electrons. The highest BCUT2D eigenvalue weighted by Crippen LogP contribution is 2.42. The molecule has 1 aliphatic heterocycles. The Morgan fingerprint density at radius 2 is 1.29 bits per heavy atom. The molecular weight excluding hydrogens is 342 g/mol. The van der Waals surface area contributed by atoms with Crippen molar-refractivity contribution in [2.45, 2.75) is 31.9 Å². The summed E-state index contributed by atoms with van der Waals surface area (Å²) >= 11 is 0. The van der Waals surface area contributed by atoms with Crippen LogP contribution in [0.5, 0.6) is 0 Å². The van der Waals surface area contributed by atoms with Crippen molar-refractivity contribution in [3.05, 3.63) is 107 Å². The molecule has 2 nitrogen and oxygen atoms in total. The van der Waals surface area contributed by atoms with Crippen molar-refractivity contribution in [3.63, 3.8) is 0 Å². The summed E-state index contributed by atoms with van der Waals surface area (Å²) in [6, 6.07) is 29.0. The van der Waals surface area contributed by atoms with E-state index in [2.05, 4.69) is 60.4 Å². The van der Waals surface area contributed by atoms with Crippen LogP contribution in [0.2, 0.25) is 0 Å². The summed E-state index contributed by atoms with van der Waals surface area (Å²) in [6.45, 7) is 5.21. The minimum atomic E-state index is -0.933. The van der Waals surface area contributed by atoms with Crippen molar-refractivity contribution < 1.29 is 5.11 Å². The summed E-state index contributed by atoms with van der Waals surface area (Å²) < 4.78 is 0. The third kappa shape index (κ3) is 3.76. The molecule has 0 aromatic heterocycles.